The summed E-state index contributed by atoms with van der Waals surface area (Å²) in [6, 6.07) is -0.509. The molecule has 1 aliphatic rings. The van der Waals surface area contributed by atoms with Crippen LogP contribution in [0.25, 0.3) is 0 Å². The Kier molecular flexibility index (Phi) is 5.31. The second kappa shape index (κ2) is 6.31. The van der Waals surface area contributed by atoms with Gasteiger partial charge in [-0.15, -0.1) is 0 Å². The van der Waals surface area contributed by atoms with E-state index in [9.17, 15) is 14.7 Å². The molecular weight excluding hydrogens is 282 g/mol. The van der Waals surface area contributed by atoms with E-state index in [1.807, 2.05) is 20.8 Å². The Morgan fingerprint density at radius 2 is 1.77 bits per heavy atom. The van der Waals surface area contributed by atoms with E-state index in [1.165, 1.54) is 0 Å². The normalized spacial score (nSPS) is 19.9. The van der Waals surface area contributed by atoms with Crippen LogP contribution in [0.4, 0.5) is 0 Å². The monoisotopic (exact) mass is 311 g/mol. The van der Waals surface area contributed by atoms with Crippen molar-refractivity contribution >= 4 is 11.9 Å². The number of nitrogens with zero attached hydrogens (tertiary/aromatic N) is 1. The molecule has 0 aliphatic carbocycles. The number of aliphatic hydroxyl groups is 1. The van der Waals surface area contributed by atoms with Crippen LogP contribution in [-0.2, 0) is 14.3 Å². The van der Waals surface area contributed by atoms with Crippen molar-refractivity contribution in [2.24, 2.45) is 10.8 Å². The van der Waals surface area contributed by atoms with E-state index in [0.717, 1.165) is 6.42 Å². The van der Waals surface area contributed by atoms with E-state index in [-0.39, 0.29) is 28.8 Å². The summed E-state index contributed by atoms with van der Waals surface area (Å²) in [6.45, 7) is 14.4. The maximum atomic E-state index is 12.7. The second-order valence-electron chi connectivity index (χ2n) is 7.70. The van der Waals surface area contributed by atoms with Crippen LogP contribution in [0.2, 0.25) is 0 Å². The number of amides is 1. The van der Waals surface area contributed by atoms with Gasteiger partial charge in [-0.25, -0.2) is 4.79 Å². The number of hydrogen-bond donors (Lipinski definition) is 1. The largest absolute Gasteiger partial charge is 0.509 e. The van der Waals surface area contributed by atoms with E-state index in [0.29, 0.717) is 6.54 Å². The van der Waals surface area contributed by atoms with Crippen LogP contribution in [0.15, 0.2) is 11.3 Å². The average molecular weight is 311 g/mol. The van der Waals surface area contributed by atoms with Gasteiger partial charge in [0.1, 0.15) is 5.76 Å². The van der Waals surface area contributed by atoms with E-state index in [2.05, 4.69) is 20.8 Å². The summed E-state index contributed by atoms with van der Waals surface area (Å²) in [7, 11) is 0. The molecule has 5 heteroatoms. The van der Waals surface area contributed by atoms with Crippen LogP contribution in [0.5, 0.6) is 0 Å². The van der Waals surface area contributed by atoms with Gasteiger partial charge in [-0.2, -0.15) is 0 Å². The fraction of sp³-hybridized carbons (Fsp3) is 0.765. The average Bonchev–Trinajstić information content (AvgIpc) is 2.60. The number of rotatable bonds is 5. The van der Waals surface area contributed by atoms with E-state index < -0.39 is 17.9 Å². The van der Waals surface area contributed by atoms with E-state index >= 15 is 0 Å². The van der Waals surface area contributed by atoms with E-state index in [1.54, 1.807) is 11.8 Å². The summed E-state index contributed by atoms with van der Waals surface area (Å²) in [5.41, 5.74) is -0.685. The standard InChI is InChI=1S/C17H29NO4/c1-8-17(6,7)10-18-13(16(3,4)5)12(19)11(14(18)20)15(21)22-9-2/h13,19H,8-10H2,1-7H3/t13-/m1/s1. The van der Waals surface area contributed by atoms with Gasteiger partial charge in [-0.05, 0) is 24.2 Å². The van der Waals surface area contributed by atoms with Crippen molar-refractivity contribution in [2.75, 3.05) is 13.2 Å². The Morgan fingerprint density at radius 1 is 1.23 bits per heavy atom. The fourth-order valence-electron chi connectivity index (χ4n) is 2.66. The second-order valence-corrected chi connectivity index (χ2v) is 7.70. The number of aliphatic hydroxyl groups excluding tert-OH is 1. The molecule has 0 aromatic rings. The molecule has 1 amide bonds. The third-order valence-corrected chi connectivity index (χ3v) is 4.16. The Labute approximate surface area is 133 Å². The summed E-state index contributed by atoms with van der Waals surface area (Å²) >= 11 is 0. The SMILES string of the molecule is CCOC(=O)C1=C(O)[C@H](C(C)(C)C)N(CC(C)(C)CC)C1=O. The minimum absolute atomic E-state index is 0.0937. The summed E-state index contributed by atoms with van der Waals surface area (Å²) in [6.07, 6.45) is 0.892. The lowest BCUT2D eigenvalue weighted by atomic mass is 9.83. The summed E-state index contributed by atoms with van der Waals surface area (Å²) in [5.74, 6) is -1.34. The Bertz CT molecular complexity index is 485. The highest BCUT2D eigenvalue weighted by Crippen LogP contribution is 2.39. The maximum absolute atomic E-state index is 12.7. The minimum atomic E-state index is -0.740. The van der Waals surface area contributed by atoms with E-state index in [4.69, 9.17) is 4.74 Å². The lowest BCUT2D eigenvalue weighted by Gasteiger charge is -2.39. The van der Waals surface area contributed by atoms with Gasteiger partial charge in [-0.1, -0.05) is 41.5 Å². The Balaban J connectivity index is 3.25. The highest BCUT2D eigenvalue weighted by molar-refractivity contribution is 6.18. The summed E-state index contributed by atoms with van der Waals surface area (Å²) in [4.78, 5) is 26.3. The van der Waals surface area contributed by atoms with Crippen molar-refractivity contribution in [3.8, 4) is 0 Å². The molecule has 1 aliphatic heterocycles. The van der Waals surface area contributed by atoms with Gasteiger partial charge in [0, 0.05) is 6.54 Å². The van der Waals surface area contributed by atoms with Crippen LogP contribution < -0.4 is 0 Å². The molecule has 0 unspecified atom stereocenters. The molecule has 22 heavy (non-hydrogen) atoms. The van der Waals surface area contributed by atoms with Crippen molar-refractivity contribution in [3.05, 3.63) is 11.3 Å². The van der Waals surface area contributed by atoms with Gasteiger partial charge in [0.05, 0.1) is 12.6 Å². The minimum Gasteiger partial charge on any atom is -0.509 e. The molecule has 126 valence electrons. The van der Waals surface area contributed by atoms with Crippen molar-refractivity contribution in [1.29, 1.82) is 0 Å². The topological polar surface area (TPSA) is 66.8 Å². The predicted octanol–water partition coefficient (Wildman–Crippen LogP) is 3.05. The first-order chi connectivity index (χ1) is 9.96. The zero-order valence-corrected chi connectivity index (χ0v) is 14.8. The zero-order valence-electron chi connectivity index (χ0n) is 14.8. The van der Waals surface area contributed by atoms with Gasteiger partial charge in [0.15, 0.2) is 5.57 Å². The van der Waals surface area contributed by atoms with Crippen molar-refractivity contribution < 1.29 is 19.4 Å². The molecule has 0 fully saturated rings. The molecular formula is C17H29NO4. The highest BCUT2D eigenvalue weighted by Gasteiger charge is 2.49. The molecule has 1 heterocycles. The Morgan fingerprint density at radius 3 is 2.18 bits per heavy atom. The first-order valence-electron chi connectivity index (χ1n) is 7.87. The molecule has 0 spiro atoms. The zero-order chi connectivity index (χ0) is 17.3. The number of ether oxygens (including phenoxy) is 1. The van der Waals surface area contributed by atoms with Crippen LogP contribution in [-0.4, -0.2) is 41.1 Å². The van der Waals surface area contributed by atoms with Crippen molar-refractivity contribution in [3.63, 3.8) is 0 Å². The fourth-order valence-corrected chi connectivity index (χ4v) is 2.66. The molecule has 1 atom stereocenters. The smallest absolute Gasteiger partial charge is 0.347 e. The molecule has 0 aromatic carbocycles. The van der Waals surface area contributed by atoms with Crippen LogP contribution in [0, 0.1) is 10.8 Å². The third-order valence-electron chi connectivity index (χ3n) is 4.16. The molecule has 0 radical (unpaired) electrons. The first-order valence-corrected chi connectivity index (χ1v) is 7.87. The molecule has 5 nitrogen and oxygen atoms in total. The van der Waals surface area contributed by atoms with Gasteiger partial charge < -0.3 is 14.7 Å². The lowest BCUT2D eigenvalue weighted by molar-refractivity contribution is -0.142. The lowest BCUT2D eigenvalue weighted by Crippen LogP contribution is -2.47. The number of esters is 1. The van der Waals surface area contributed by atoms with Crippen LogP contribution in [0.1, 0.15) is 54.9 Å². The van der Waals surface area contributed by atoms with Crippen LogP contribution in [0.3, 0.4) is 0 Å². The molecule has 0 saturated carbocycles. The van der Waals surface area contributed by atoms with Crippen molar-refractivity contribution in [2.45, 2.75) is 60.9 Å². The summed E-state index contributed by atoms with van der Waals surface area (Å²) < 4.78 is 4.93. The number of hydrogen-bond acceptors (Lipinski definition) is 4. The third kappa shape index (κ3) is 3.62. The molecule has 1 rings (SSSR count). The number of carbonyl (C=O) groups excluding carboxylic acids is 2. The first kappa shape index (κ1) is 18.5. The van der Waals surface area contributed by atoms with Crippen molar-refractivity contribution in [1.82, 2.24) is 4.90 Å². The highest BCUT2D eigenvalue weighted by atomic mass is 16.5. The molecule has 0 saturated heterocycles. The molecule has 0 aromatic heterocycles. The van der Waals surface area contributed by atoms with Gasteiger partial charge in [0.25, 0.3) is 5.91 Å². The number of carbonyl (C=O) groups is 2. The van der Waals surface area contributed by atoms with Gasteiger partial charge in [0.2, 0.25) is 0 Å². The van der Waals surface area contributed by atoms with Gasteiger partial charge >= 0.3 is 5.97 Å². The summed E-state index contributed by atoms with van der Waals surface area (Å²) in [5, 5.41) is 10.5. The Hall–Kier alpha value is -1.52. The van der Waals surface area contributed by atoms with Crippen LogP contribution >= 0.6 is 0 Å². The maximum Gasteiger partial charge on any atom is 0.347 e. The molecule has 0 bridgehead atoms. The van der Waals surface area contributed by atoms with Gasteiger partial charge in [-0.3, -0.25) is 4.79 Å². The predicted molar refractivity (Wildman–Crippen MR) is 85.3 cm³/mol. The quantitative estimate of drug-likeness (QED) is 0.626. The molecule has 1 N–H and O–H groups in total.